The summed E-state index contributed by atoms with van der Waals surface area (Å²) in [5.41, 5.74) is 5.87. The van der Waals surface area contributed by atoms with E-state index in [1.807, 2.05) is 60.9 Å². The predicted molar refractivity (Wildman–Crippen MR) is 104 cm³/mol. The summed E-state index contributed by atoms with van der Waals surface area (Å²) in [6.45, 7) is 4.46. The second-order valence-corrected chi connectivity index (χ2v) is 6.45. The van der Waals surface area contributed by atoms with Gasteiger partial charge in [-0.3, -0.25) is 14.8 Å². The molecule has 26 heavy (non-hydrogen) atoms. The van der Waals surface area contributed by atoms with E-state index in [4.69, 9.17) is 0 Å². The van der Waals surface area contributed by atoms with Crippen LogP contribution in [0.25, 0.3) is 22.2 Å². The normalized spacial score (nSPS) is 11.0. The molecule has 1 aromatic carbocycles. The van der Waals surface area contributed by atoms with E-state index in [9.17, 15) is 4.79 Å². The number of pyridine rings is 3. The number of hydrogen-bond donors (Lipinski definition) is 0. The average Bonchev–Trinajstić information content (AvgIpc) is 2.65. The Hall–Kier alpha value is -3.27. The van der Waals surface area contributed by atoms with Gasteiger partial charge in [0, 0.05) is 34.6 Å². The van der Waals surface area contributed by atoms with Crippen molar-refractivity contribution in [3.8, 4) is 11.3 Å². The molecule has 4 heteroatoms. The van der Waals surface area contributed by atoms with Crippen molar-refractivity contribution in [3.05, 3.63) is 94.2 Å². The summed E-state index contributed by atoms with van der Waals surface area (Å²) >= 11 is 0. The quantitative estimate of drug-likeness (QED) is 0.563. The van der Waals surface area contributed by atoms with Crippen molar-refractivity contribution >= 4 is 10.9 Å². The van der Waals surface area contributed by atoms with Gasteiger partial charge in [0.15, 0.2) is 0 Å². The first-order valence-corrected chi connectivity index (χ1v) is 8.60. The van der Waals surface area contributed by atoms with Crippen LogP contribution in [0.3, 0.4) is 0 Å². The van der Waals surface area contributed by atoms with Gasteiger partial charge in [0.05, 0.1) is 17.8 Å². The molecular weight excluding hydrogens is 322 g/mol. The number of fused-ring (bicyclic) bond motifs is 1. The third kappa shape index (κ3) is 3.02. The minimum atomic E-state index is -0.00342. The third-order valence-electron chi connectivity index (χ3n) is 4.56. The van der Waals surface area contributed by atoms with Crippen LogP contribution in [0, 0.1) is 13.8 Å². The molecule has 4 aromatic rings. The lowest BCUT2D eigenvalue weighted by atomic mass is 10.1. The smallest absolute Gasteiger partial charge is 0.251 e. The molecule has 0 aliphatic carbocycles. The van der Waals surface area contributed by atoms with Crippen LogP contribution in [0.5, 0.6) is 0 Å². The Labute approximate surface area is 151 Å². The van der Waals surface area contributed by atoms with Crippen molar-refractivity contribution in [2.45, 2.75) is 20.4 Å². The molecule has 0 unspecified atom stereocenters. The van der Waals surface area contributed by atoms with Gasteiger partial charge in [-0.1, -0.05) is 30.3 Å². The van der Waals surface area contributed by atoms with E-state index < -0.39 is 0 Å². The minimum absolute atomic E-state index is 0.00342. The van der Waals surface area contributed by atoms with E-state index in [-0.39, 0.29) is 5.56 Å². The van der Waals surface area contributed by atoms with E-state index in [1.54, 1.807) is 12.3 Å². The Morgan fingerprint density at radius 2 is 1.77 bits per heavy atom. The fraction of sp³-hybridized carbons (Fsp3) is 0.136. The Balaban J connectivity index is 1.74. The Morgan fingerprint density at radius 3 is 2.50 bits per heavy atom. The molecule has 0 fully saturated rings. The van der Waals surface area contributed by atoms with Gasteiger partial charge in [-0.15, -0.1) is 0 Å². The maximum absolute atomic E-state index is 12.5. The zero-order valence-electron chi connectivity index (χ0n) is 14.8. The highest BCUT2D eigenvalue weighted by Crippen LogP contribution is 2.20. The fourth-order valence-electron chi connectivity index (χ4n) is 3.27. The van der Waals surface area contributed by atoms with Crippen LogP contribution < -0.4 is 5.56 Å². The molecule has 128 valence electrons. The van der Waals surface area contributed by atoms with Gasteiger partial charge in [0.1, 0.15) is 0 Å². The van der Waals surface area contributed by atoms with Crippen LogP contribution in [0.4, 0.5) is 0 Å². The highest BCUT2D eigenvalue weighted by atomic mass is 16.1. The number of rotatable bonds is 3. The third-order valence-corrected chi connectivity index (χ3v) is 4.56. The van der Waals surface area contributed by atoms with Crippen molar-refractivity contribution in [3.63, 3.8) is 0 Å². The van der Waals surface area contributed by atoms with Crippen LogP contribution in [-0.4, -0.2) is 14.5 Å². The van der Waals surface area contributed by atoms with E-state index in [0.717, 1.165) is 39.1 Å². The maximum Gasteiger partial charge on any atom is 0.251 e. The molecule has 0 aliphatic rings. The fourth-order valence-corrected chi connectivity index (χ4v) is 3.27. The van der Waals surface area contributed by atoms with Crippen molar-refractivity contribution in [2.24, 2.45) is 0 Å². The van der Waals surface area contributed by atoms with Gasteiger partial charge in [0.2, 0.25) is 0 Å². The second-order valence-electron chi connectivity index (χ2n) is 6.45. The first kappa shape index (κ1) is 16.2. The van der Waals surface area contributed by atoms with Gasteiger partial charge in [0.25, 0.3) is 5.56 Å². The van der Waals surface area contributed by atoms with Crippen LogP contribution in [-0.2, 0) is 6.54 Å². The molecule has 0 radical (unpaired) electrons. The Bertz CT molecular complexity index is 1130. The van der Waals surface area contributed by atoms with Crippen LogP contribution in [0.15, 0.2) is 71.7 Å². The molecule has 0 aliphatic heterocycles. The first-order valence-electron chi connectivity index (χ1n) is 8.60. The van der Waals surface area contributed by atoms with Gasteiger partial charge >= 0.3 is 0 Å². The Morgan fingerprint density at radius 1 is 0.962 bits per heavy atom. The zero-order chi connectivity index (χ0) is 18.1. The highest BCUT2D eigenvalue weighted by Gasteiger charge is 2.08. The standard InChI is InChI=1S/C22H19N3O/c1-15-13-21-19(16(2)24-15)10-11-22(26)25(21)14-17-6-8-18(9-7-17)20-5-3-4-12-23-20/h3-13H,14H2,1-2H3. The minimum Gasteiger partial charge on any atom is -0.304 e. The van der Waals surface area contributed by atoms with E-state index in [1.165, 1.54) is 0 Å². The number of nitrogens with zero attached hydrogens (tertiary/aromatic N) is 3. The monoisotopic (exact) mass is 341 g/mol. The van der Waals surface area contributed by atoms with Crippen molar-refractivity contribution in [1.29, 1.82) is 0 Å². The van der Waals surface area contributed by atoms with E-state index in [2.05, 4.69) is 22.1 Å². The summed E-state index contributed by atoms with van der Waals surface area (Å²) in [5, 5.41) is 1.01. The number of benzene rings is 1. The summed E-state index contributed by atoms with van der Waals surface area (Å²) in [6, 6.07) is 19.5. The van der Waals surface area contributed by atoms with Crippen LogP contribution in [0.2, 0.25) is 0 Å². The van der Waals surface area contributed by atoms with Crippen molar-refractivity contribution < 1.29 is 0 Å². The van der Waals surface area contributed by atoms with Crippen LogP contribution in [0.1, 0.15) is 17.0 Å². The summed E-state index contributed by atoms with van der Waals surface area (Å²) in [6.07, 6.45) is 1.79. The summed E-state index contributed by atoms with van der Waals surface area (Å²) in [4.78, 5) is 21.4. The molecule has 0 amide bonds. The largest absolute Gasteiger partial charge is 0.304 e. The zero-order valence-corrected chi connectivity index (χ0v) is 14.8. The lowest BCUT2D eigenvalue weighted by molar-refractivity contribution is 0.793. The average molecular weight is 341 g/mol. The maximum atomic E-state index is 12.5. The molecule has 0 saturated heterocycles. The highest BCUT2D eigenvalue weighted by molar-refractivity contribution is 5.81. The molecule has 3 heterocycles. The molecule has 0 saturated carbocycles. The summed E-state index contributed by atoms with van der Waals surface area (Å²) < 4.78 is 1.81. The van der Waals surface area contributed by atoms with Crippen LogP contribution >= 0.6 is 0 Å². The van der Waals surface area contributed by atoms with Gasteiger partial charge in [-0.05, 0) is 43.7 Å². The lowest BCUT2D eigenvalue weighted by Gasteiger charge is -2.12. The van der Waals surface area contributed by atoms with Gasteiger partial charge < -0.3 is 4.57 Å². The molecule has 0 N–H and O–H groups in total. The number of aryl methyl sites for hydroxylation is 2. The SMILES string of the molecule is Cc1cc2c(ccc(=O)n2Cc2ccc(-c3ccccn3)cc2)c(C)n1. The molecule has 0 spiro atoms. The summed E-state index contributed by atoms with van der Waals surface area (Å²) in [5.74, 6) is 0. The van der Waals surface area contributed by atoms with Gasteiger partial charge in [-0.2, -0.15) is 0 Å². The molecule has 4 rings (SSSR count). The first-order chi connectivity index (χ1) is 12.6. The lowest BCUT2D eigenvalue weighted by Crippen LogP contribution is -2.20. The molecule has 4 nitrogen and oxygen atoms in total. The van der Waals surface area contributed by atoms with Gasteiger partial charge in [-0.25, -0.2) is 0 Å². The molecular formula is C22H19N3O. The Kier molecular flexibility index (Phi) is 4.09. The van der Waals surface area contributed by atoms with Crippen molar-refractivity contribution in [1.82, 2.24) is 14.5 Å². The summed E-state index contributed by atoms with van der Waals surface area (Å²) in [7, 11) is 0. The van der Waals surface area contributed by atoms with Crippen molar-refractivity contribution in [2.75, 3.05) is 0 Å². The molecule has 0 bridgehead atoms. The number of hydrogen-bond acceptors (Lipinski definition) is 3. The number of aromatic nitrogens is 3. The molecule has 0 atom stereocenters. The second kappa shape index (κ2) is 6.56. The van der Waals surface area contributed by atoms with E-state index >= 15 is 0 Å². The molecule has 3 aromatic heterocycles. The topological polar surface area (TPSA) is 47.8 Å². The van der Waals surface area contributed by atoms with E-state index in [0.29, 0.717) is 6.54 Å². The predicted octanol–water partition coefficient (Wildman–Crippen LogP) is 4.12.